The number of carbonyl (C=O) groups is 1. The molecule has 0 fully saturated rings. The zero-order valence-corrected chi connectivity index (χ0v) is 22.0. The first-order chi connectivity index (χ1) is 15.6. The third kappa shape index (κ3) is 6.63. The maximum absolute atomic E-state index is 11.8. The Morgan fingerprint density at radius 2 is 1.42 bits per heavy atom. The molecule has 3 unspecified atom stereocenters. The van der Waals surface area contributed by atoms with Crippen molar-refractivity contribution in [2.24, 2.45) is 5.92 Å². The molecule has 4 nitrogen and oxygen atoms in total. The van der Waals surface area contributed by atoms with Gasteiger partial charge in [0.05, 0.1) is 12.7 Å². The number of hydrogen-bond donors (Lipinski definition) is 2. The fourth-order valence-corrected chi connectivity index (χ4v) is 9.33. The topological polar surface area (TPSA) is 66.8 Å². The SMILES string of the molecule is CCCCCCC(C=O)C(O)C(C)(O)CO[Si](c1ccccc1)(c1ccccc1)C(C)(C)C. The Bertz CT molecular complexity index is 790. The molecule has 0 aliphatic rings. The molecule has 0 heterocycles. The number of hydrogen-bond acceptors (Lipinski definition) is 4. The summed E-state index contributed by atoms with van der Waals surface area (Å²) in [6.45, 7) is 10.2. The van der Waals surface area contributed by atoms with E-state index in [1.54, 1.807) is 6.92 Å². The summed E-state index contributed by atoms with van der Waals surface area (Å²) in [6, 6.07) is 20.4. The van der Waals surface area contributed by atoms with Gasteiger partial charge in [-0.05, 0) is 28.8 Å². The lowest BCUT2D eigenvalue weighted by Crippen LogP contribution is -2.68. The van der Waals surface area contributed by atoms with E-state index in [0.29, 0.717) is 6.42 Å². The Kier molecular flexibility index (Phi) is 10.0. The van der Waals surface area contributed by atoms with Crippen LogP contribution in [0.3, 0.4) is 0 Å². The minimum Gasteiger partial charge on any atom is -0.404 e. The average Bonchev–Trinajstić information content (AvgIpc) is 2.79. The van der Waals surface area contributed by atoms with Crippen molar-refractivity contribution in [2.75, 3.05) is 6.61 Å². The lowest BCUT2D eigenvalue weighted by molar-refractivity contribution is -0.133. The number of aliphatic hydroxyl groups is 2. The van der Waals surface area contributed by atoms with Crippen LogP contribution < -0.4 is 10.4 Å². The van der Waals surface area contributed by atoms with E-state index in [2.05, 4.69) is 52.0 Å². The minimum absolute atomic E-state index is 0.0548. The molecular formula is C28H42O4Si. The summed E-state index contributed by atoms with van der Waals surface area (Å²) in [4.78, 5) is 11.8. The Morgan fingerprint density at radius 3 is 1.85 bits per heavy atom. The van der Waals surface area contributed by atoms with Crippen LogP contribution in [0.4, 0.5) is 0 Å². The molecule has 0 radical (unpaired) electrons. The Hall–Kier alpha value is -1.79. The highest BCUT2D eigenvalue weighted by molar-refractivity contribution is 6.99. The van der Waals surface area contributed by atoms with Crippen LogP contribution in [-0.4, -0.2) is 43.1 Å². The predicted octanol–water partition coefficient (Wildman–Crippen LogP) is 4.46. The minimum atomic E-state index is -2.85. The van der Waals surface area contributed by atoms with Crippen LogP contribution in [-0.2, 0) is 9.22 Å². The third-order valence-electron chi connectivity index (χ3n) is 6.61. The lowest BCUT2D eigenvalue weighted by Gasteiger charge is -2.45. The lowest BCUT2D eigenvalue weighted by atomic mass is 9.86. The van der Waals surface area contributed by atoms with Crippen LogP contribution in [0, 0.1) is 5.92 Å². The second-order valence-electron chi connectivity index (χ2n) is 10.4. The summed E-state index contributed by atoms with van der Waals surface area (Å²) >= 11 is 0. The van der Waals surface area contributed by atoms with Crippen molar-refractivity contribution in [3.05, 3.63) is 60.7 Å². The van der Waals surface area contributed by atoms with Crippen LogP contribution >= 0.6 is 0 Å². The van der Waals surface area contributed by atoms with E-state index in [-0.39, 0.29) is 11.6 Å². The quantitative estimate of drug-likeness (QED) is 0.258. The molecule has 0 aromatic heterocycles. The molecular weight excluding hydrogens is 428 g/mol. The molecule has 0 aliphatic heterocycles. The molecule has 0 aliphatic carbocycles. The largest absolute Gasteiger partial charge is 0.404 e. The van der Waals surface area contributed by atoms with E-state index in [9.17, 15) is 15.0 Å². The van der Waals surface area contributed by atoms with E-state index >= 15 is 0 Å². The van der Waals surface area contributed by atoms with Gasteiger partial charge in [0.25, 0.3) is 8.32 Å². The first kappa shape index (κ1) is 27.5. The van der Waals surface area contributed by atoms with Gasteiger partial charge in [0, 0.05) is 5.92 Å². The number of aldehydes is 1. The summed E-state index contributed by atoms with van der Waals surface area (Å²) in [5.41, 5.74) is -1.55. The van der Waals surface area contributed by atoms with E-state index in [0.717, 1.165) is 42.3 Å². The van der Waals surface area contributed by atoms with E-state index < -0.39 is 25.9 Å². The molecule has 0 saturated heterocycles. The Morgan fingerprint density at radius 1 is 0.909 bits per heavy atom. The van der Waals surface area contributed by atoms with E-state index in [1.165, 1.54) is 0 Å². The maximum Gasteiger partial charge on any atom is 0.261 e. The molecule has 0 saturated carbocycles. The van der Waals surface area contributed by atoms with Crippen LogP contribution in [0.1, 0.15) is 66.7 Å². The summed E-state index contributed by atoms with van der Waals surface area (Å²) in [5.74, 6) is -0.611. The highest BCUT2D eigenvalue weighted by Crippen LogP contribution is 2.37. The van der Waals surface area contributed by atoms with Gasteiger partial charge >= 0.3 is 0 Å². The fraction of sp³-hybridized carbons (Fsp3) is 0.536. The summed E-state index contributed by atoms with van der Waals surface area (Å²) in [6.07, 6.45) is 4.27. The molecule has 3 atom stereocenters. The van der Waals surface area contributed by atoms with Crippen molar-refractivity contribution in [1.29, 1.82) is 0 Å². The van der Waals surface area contributed by atoms with Gasteiger partial charge in [-0.1, -0.05) is 114 Å². The second-order valence-corrected chi connectivity index (χ2v) is 14.7. The van der Waals surface area contributed by atoms with Crippen molar-refractivity contribution in [3.8, 4) is 0 Å². The van der Waals surface area contributed by atoms with Gasteiger partial charge in [0.15, 0.2) is 0 Å². The number of aliphatic hydroxyl groups excluding tert-OH is 1. The number of carbonyl (C=O) groups excluding carboxylic acids is 1. The highest BCUT2D eigenvalue weighted by Gasteiger charge is 2.51. The number of rotatable bonds is 13. The molecule has 2 N–H and O–H groups in total. The molecule has 0 spiro atoms. The zero-order chi connectivity index (χ0) is 24.5. The number of unbranched alkanes of at least 4 members (excludes halogenated alkanes) is 3. The Labute approximate surface area is 201 Å². The smallest absolute Gasteiger partial charge is 0.261 e. The first-order valence-electron chi connectivity index (χ1n) is 12.2. The van der Waals surface area contributed by atoms with Gasteiger partial charge in [-0.25, -0.2) is 0 Å². The summed E-state index contributed by atoms with van der Waals surface area (Å²) < 4.78 is 6.80. The molecule has 2 aromatic rings. The molecule has 182 valence electrons. The predicted molar refractivity (Wildman–Crippen MR) is 139 cm³/mol. The molecule has 0 bridgehead atoms. The fourth-order valence-electron chi connectivity index (χ4n) is 4.67. The molecule has 2 rings (SSSR count). The van der Waals surface area contributed by atoms with Gasteiger partial charge in [-0.3, -0.25) is 0 Å². The first-order valence-corrected chi connectivity index (χ1v) is 14.1. The standard InChI is InChI=1S/C28H42O4Si/c1-6-7-8-11-16-23(21-29)26(30)28(5,31)22-32-33(27(2,3)4,24-17-12-9-13-18-24)25-19-14-10-15-20-25/h9-10,12-15,17-21,23,26,30-31H,6-8,11,16,22H2,1-5H3. The zero-order valence-electron chi connectivity index (χ0n) is 21.0. The summed E-state index contributed by atoms with van der Waals surface area (Å²) in [7, 11) is -2.85. The molecule has 5 heteroatoms. The van der Waals surface area contributed by atoms with Crippen molar-refractivity contribution in [2.45, 2.75) is 83.5 Å². The van der Waals surface area contributed by atoms with Gasteiger partial charge in [0.2, 0.25) is 0 Å². The van der Waals surface area contributed by atoms with Gasteiger partial charge in [0.1, 0.15) is 11.9 Å². The highest BCUT2D eigenvalue weighted by atomic mass is 28.4. The van der Waals surface area contributed by atoms with Gasteiger partial charge in [-0.15, -0.1) is 0 Å². The van der Waals surface area contributed by atoms with Crippen molar-refractivity contribution < 1.29 is 19.4 Å². The van der Waals surface area contributed by atoms with Crippen LogP contribution in [0.5, 0.6) is 0 Å². The van der Waals surface area contributed by atoms with Crippen LogP contribution in [0.2, 0.25) is 5.04 Å². The summed E-state index contributed by atoms with van der Waals surface area (Å²) in [5, 5.41) is 24.3. The monoisotopic (exact) mass is 470 g/mol. The number of benzene rings is 2. The molecule has 0 amide bonds. The van der Waals surface area contributed by atoms with Crippen molar-refractivity contribution in [1.82, 2.24) is 0 Å². The van der Waals surface area contributed by atoms with E-state index in [1.807, 2.05) is 36.4 Å². The average molecular weight is 471 g/mol. The molecule has 33 heavy (non-hydrogen) atoms. The second kappa shape index (κ2) is 12.1. The van der Waals surface area contributed by atoms with Crippen LogP contribution in [0.25, 0.3) is 0 Å². The van der Waals surface area contributed by atoms with Gasteiger partial charge < -0.3 is 19.4 Å². The van der Waals surface area contributed by atoms with Crippen LogP contribution in [0.15, 0.2) is 60.7 Å². The molecule has 2 aromatic carbocycles. The third-order valence-corrected chi connectivity index (χ3v) is 11.6. The maximum atomic E-state index is 11.8. The van der Waals surface area contributed by atoms with E-state index in [4.69, 9.17) is 4.43 Å². The Balaban J connectivity index is 2.36. The van der Waals surface area contributed by atoms with Gasteiger partial charge in [-0.2, -0.15) is 0 Å². The van der Waals surface area contributed by atoms with Crippen molar-refractivity contribution in [3.63, 3.8) is 0 Å². The van der Waals surface area contributed by atoms with Crippen molar-refractivity contribution >= 4 is 25.0 Å². The normalized spacial score (nSPS) is 16.1.